The molecule has 2 aromatic rings. The van der Waals surface area contributed by atoms with Crippen molar-refractivity contribution in [2.45, 2.75) is 13.8 Å². The van der Waals surface area contributed by atoms with Crippen molar-refractivity contribution < 1.29 is 24.2 Å². The highest BCUT2D eigenvalue weighted by Gasteiger charge is 2.34. The van der Waals surface area contributed by atoms with Crippen LogP contribution in [0.5, 0.6) is 0 Å². The van der Waals surface area contributed by atoms with Gasteiger partial charge in [0.25, 0.3) is 11.8 Å². The van der Waals surface area contributed by atoms with E-state index in [1.54, 1.807) is 24.3 Å². The molecule has 0 unspecified atom stereocenters. The smallest absolute Gasteiger partial charge is 0.337 e. The first kappa shape index (κ1) is 22.0. The van der Waals surface area contributed by atoms with E-state index in [0.29, 0.717) is 16.9 Å². The van der Waals surface area contributed by atoms with E-state index in [1.165, 1.54) is 12.0 Å². The molecule has 0 radical (unpaired) electrons. The van der Waals surface area contributed by atoms with E-state index >= 15 is 0 Å². The van der Waals surface area contributed by atoms with Crippen LogP contribution in [0.1, 0.15) is 21.5 Å². The second-order valence-electron chi connectivity index (χ2n) is 7.24. The maximum Gasteiger partial charge on any atom is 0.337 e. The highest BCUT2D eigenvalue weighted by molar-refractivity contribution is 6.12. The van der Waals surface area contributed by atoms with Crippen molar-refractivity contribution in [1.82, 2.24) is 4.90 Å². The number of para-hydroxylation sites is 1. The van der Waals surface area contributed by atoms with Crippen molar-refractivity contribution in [2.75, 3.05) is 37.4 Å². The van der Waals surface area contributed by atoms with E-state index in [0.717, 1.165) is 11.1 Å². The molecule has 3 rings (SSSR count). The van der Waals surface area contributed by atoms with Crippen LogP contribution >= 0.6 is 0 Å². The third-order valence-corrected chi connectivity index (χ3v) is 5.02. The van der Waals surface area contributed by atoms with Crippen molar-refractivity contribution in [2.24, 2.45) is 0 Å². The van der Waals surface area contributed by atoms with E-state index in [1.807, 2.05) is 32.0 Å². The van der Waals surface area contributed by atoms with Crippen molar-refractivity contribution in [3.63, 3.8) is 0 Å². The predicted molar refractivity (Wildman–Crippen MR) is 117 cm³/mol. The molecule has 0 aliphatic carbocycles. The van der Waals surface area contributed by atoms with E-state index < -0.39 is 11.9 Å². The zero-order chi connectivity index (χ0) is 22.5. The maximum atomic E-state index is 13.0. The molecule has 0 fully saturated rings. The SMILES string of the molecule is COC(=O)C1=C(Nc2ccccc2C(=O)Nc2ccc(C)cc2C)C(=O)N(CCO)C1. The van der Waals surface area contributed by atoms with Gasteiger partial charge in [0.05, 0.1) is 37.1 Å². The van der Waals surface area contributed by atoms with Crippen LogP contribution in [0.4, 0.5) is 11.4 Å². The second kappa shape index (κ2) is 9.44. The van der Waals surface area contributed by atoms with Gasteiger partial charge in [0.2, 0.25) is 0 Å². The van der Waals surface area contributed by atoms with Gasteiger partial charge in [0, 0.05) is 12.2 Å². The third-order valence-electron chi connectivity index (χ3n) is 5.02. The van der Waals surface area contributed by atoms with Gasteiger partial charge in [-0.1, -0.05) is 29.8 Å². The molecule has 2 amide bonds. The summed E-state index contributed by atoms with van der Waals surface area (Å²) in [6, 6.07) is 12.4. The van der Waals surface area contributed by atoms with Crippen LogP contribution in [0.3, 0.4) is 0 Å². The number of aryl methyl sites for hydroxylation is 2. The highest BCUT2D eigenvalue weighted by Crippen LogP contribution is 2.26. The van der Waals surface area contributed by atoms with Crippen LogP contribution in [-0.2, 0) is 14.3 Å². The first-order valence-corrected chi connectivity index (χ1v) is 9.82. The van der Waals surface area contributed by atoms with Gasteiger partial charge < -0.3 is 25.4 Å². The van der Waals surface area contributed by atoms with Gasteiger partial charge in [-0.2, -0.15) is 0 Å². The van der Waals surface area contributed by atoms with Crippen molar-refractivity contribution >= 4 is 29.2 Å². The number of amides is 2. The summed E-state index contributed by atoms with van der Waals surface area (Å²) in [6.45, 7) is 3.75. The molecule has 8 heteroatoms. The Morgan fingerprint density at radius 1 is 1.13 bits per heavy atom. The molecule has 1 aliphatic heterocycles. The van der Waals surface area contributed by atoms with E-state index in [2.05, 4.69) is 10.6 Å². The average molecular weight is 423 g/mol. The molecule has 2 aromatic carbocycles. The molecule has 1 aliphatic rings. The summed E-state index contributed by atoms with van der Waals surface area (Å²) in [5, 5.41) is 15.0. The molecule has 1 heterocycles. The minimum Gasteiger partial charge on any atom is -0.466 e. The fourth-order valence-corrected chi connectivity index (χ4v) is 3.42. The molecule has 0 spiro atoms. The number of nitrogens with one attached hydrogen (secondary N) is 2. The minimum absolute atomic E-state index is 0.0192. The molecule has 0 bridgehead atoms. The van der Waals surface area contributed by atoms with E-state index in [4.69, 9.17) is 4.74 Å². The lowest BCUT2D eigenvalue weighted by atomic mass is 10.1. The number of hydrogen-bond donors (Lipinski definition) is 3. The Morgan fingerprint density at radius 3 is 2.55 bits per heavy atom. The number of methoxy groups -OCH3 is 1. The standard InChI is InChI=1S/C23H25N3O5/c1-14-8-9-18(15(2)12-14)25-21(28)16-6-4-5-7-19(16)24-20-17(23(30)31-3)13-26(10-11-27)22(20)29/h4-9,12,24,27H,10-11,13H2,1-3H3,(H,25,28). The molecule has 8 nitrogen and oxygen atoms in total. The van der Waals surface area contributed by atoms with Crippen LogP contribution in [0.2, 0.25) is 0 Å². The van der Waals surface area contributed by atoms with Crippen molar-refractivity contribution in [3.05, 3.63) is 70.4 Å². The van der Waals surface area contributed by atoms with Crippen LogP contribution in [0, 0.1) is 13.8 Å². The Hall–Kier alpha value is -3.65. The lowest BCUT2D eigenvalue weighted by Crippen LogP contribution is -2.31. The molecule has 0 saturated heterocycles. The molecule has 31 heavy (non-hydrogen) atoms. The Labute approximate surface area is 180 Å². The van der Waals surface area contributed by atoms with Gasteiger partial charge in [-0.3, -0.25) is 9.59 Å². The third kappa shape index (κ3) is 4.75. The molecule has 0 aromatic heterocycles. The molecular weight excluding hydrogens is 398 g/mol. The maximum absolute atomic E-state index is 13.0. The number of aliphatic hydroxyl groups is 1. The number of hydrogen-bond acceptors (Lipinski definition) is 6. The molecule has 162 valence electrons. The number of ether oxygens (including phenoxy) is 1. The van der Waals surface area contributed by atoms with Gasteiger partial charge in [-0.15, -0.1) is 0 Å². The van der Waals surface area contributed by atoms with Crippen molar-refractivity contribution in [3.8, 4) is 0 Å². The van der Waals surface area contributed by atoms with E-state index in [-0.39, 0.29) is 36.9 Å². The van der Waals surface area contributed by atoms with Gasteiger partial charge in [0.1, 0.15) is 5.70 Å². The Morgan fingerprint density at radius 2 is 1.87 bits per heavy atom. The summed E-state index contributed by atoms with van der Waals surface area (Å²) in [7, 11) is 1.23. The monoisotopic (exact) mass is 423 g/mol. The van der Waals surface area contributed by atoms with Crippen LogP contribution < -0.4 is 10.6 Å². The number of carbonyl (C=O) groups excluding carboxylic acids is 3. The number of β-amino-alcohol motifs (C(OH)–C–C–N with tert-alkyl or cyclic N) is 1. The zero-order valence-electron chi connectivity index (χ0n) is 17.7. The number of nitrogens with zero attached hydrogens (tertiary/aromatic N) is 1. The number of carbonyl (C=O) groups is 3. The molecular formula is C23H25N3O5. The largest absolute Gasteiger partial charge is 0.466 e. The van der Waals surface area contributed by atoms with Gasteiger partial charge in [-0.25, -0.2) is 4.79 Å². The summed E-state index contributed by atoms with van der Waals surface area (Å²) >= 11 is 0. The minimum atomic E-state index is -0.645. The summed E-state index contributed by atoms with van der Waals surface area (Å²) in [5.41, 5.74) is 3.57. The first-order valence-electron chi connectivity index (χ1n) is 9.82. The average Bonchev–Trinajstić information content (AvgIpc) is 3.05. The molecule has 0 atom stereocenters. The normalized spacial score (nSPS) is 13.4. The number of esters is 1. The fraction of sp³-hybridized carbons (Fsp3) is 0.261. The predicted octanol–water partition coefficient (Wildman–Crippen LogP) is 2.23. The summed E-state index contributed by atoms with van der Waals surface area (Å²) in [5.74, 6) is -1.44. The number of aliphatic hydroxyl groups excluding tert-OH is 1. The van der Waals surface area contributed by atoms with Crippen molar-refractivity contribution in [1.29, 1.82) is 0 Å². The van der Waals surface area contributed by atoms with Gasteiger partial charge in [-0.05, 0) is 37.6 Å². The lowest BCUT2D eigenvalue weighted by Gasteiger charge is -2.16. The lowest BCUT2D eigenvalue weighted by molar-refractivity contribution is -0.136. The first-order chi connectivity index (χ1) is 14.8. The summed E-state index contributed by atoms with van der Waals surface area (Å²) in [4.78, 5) is 39.3. The quantitative estimate of drug-likeness (QED) is 0.590. The topological polar surface area (TPSA) is 108 Å². The fourth-order valence-electron chi connectivity index (χ4n) is 3.42. The van der Waals surface area contributed by atoms with Crippen LogP contribution in [-0.4, -0.2) is 54.6 Å². The number of benzene rings is 2. The second-order valence-corrected chi connectivity index (χ2v) is 7.24. The van der Waals surface area contributed by atoms with Gasteiger partial charge >= 0.3 is 5.97 Å². The number of anilines is 2. The van der Waals surface area contributed by atoms with Gasteiger partial charge in [0.15, 0.2) is 0 Å². The Bertz CT molecular complexity index is 1060. The Balaban J connectivity index is 1.91. The highest BCUT2D eigenvalue weighted by atomic mass is 16.5. The molecule has 0 saturated carbocycles. The zero-order valence-corrected chi connectivity index (χ0v) is 17.7. The number of rotatable bonds is 7. The van der Waals surface area contributed by atoms with Crippen LogP contribution in [0.15, 0.2) is 53.7 Å². The van der Waals surface area contributed by atoms with Crippen LogP contribution in [0.25, 0.3) is 0 Å². The summed E-state index contributed by atoms with van der Waals surface area (Å²) < 4.78 is 4.80. The molecule has 3 N–H and O–H groups in total. The van der Waals surface area contributed by atoms with E-state index in [9.17, 15) is 19.5 Å². The Kier molecular flexibility index (Phi) is 6.71. The summed E-state index contributed by atoms with van der Waals surface area (Å²) in [6.07, 6.45) is 0.